The Morgan fingerprint density at radius 1 is 1.28 bits per heavy atom. The van der Waals surface area contributed by atoms with Crippen molar-refractivity contribution >= 4 is 0 Å². The van der Waals surface area contributed by atoms with Gasteiger partial charge in [-0.15, -0.1) is 0 Å². The van der Waals surface area contributed by atoms with E-state index in [1.165, 1.54) is 38.8 Å². The van der Waals surface area contributed by atoms with E-state index >= 15 is 0 Å². The molecular formula is C15H32N2O. The van der Waals surface area contributed by atoms with Gasteiger partial charge >= 0.3 is 0 Å². The third-order valence-corrected chi connectivity index (χ3v) is 3.81. The van der Waals surface area contributed by atoms with Crippen molar-refractivity contribution in [3.05, 3.63) is 0 Å². The lowest BCUT2D eigenvalue weighted by Gasteiger charge is -2.32. The second-order valence-corrected chi connectivity index (χ2v) is 5.67. The average molecular weight is 256 g/mol. The molecule has 0 aliphatic carbocycles. The third-order valence-electron chi connectivity index (χ3n) is 3.81. The highest BCUT2D eigenvalue weighted by atomic mass is 16.5. The molecule has 0 aromatic heterocycles. The minimum absolute atomic E-state index is 0.705. The summed E-state index contributed by atoms with van der Waals surface area (Å²) in [6.07, 6.45) is 4.94. The highest BCUT2D eigenvalue weighted by Gasteiger charge is 2.17. The summed E-state index contributed by atoms with van der Waals surface area (Å²) in [7, 11) is 0. The molecule has 108 valence electrons. The van der Waals surface area contributed by atoms with Gasteiger partial charge in [0.25, 0.3) is 0 Å². The van der Waals surface area contributed by atoms with Gasteiger partial charge in [-0.3, -0.25) is 0 Å². The van der Waals surface area contributed by atoms with Crippen molar-refractivity contribution in [3.8, 4) is 0 Å². The Morgan fingerprint density at radius 3 is 2.83 bits per heavy atom. The van der Waals surface area contributed by atoms with Crippen molar-refractivity contribution in [3.63, 3.8) is 0 Å². The first kappa shape index (κ1) is 15.9. The molecule has 2 atom stereocenters. The van der Waals surface area contributed by atoms with Crippen molar-refractivity contribution in [1.82, 2.24) is 10.2 Å². The van der Waals surface area contributed by atoms with Crippen LogP contribution in [0, 0.1) is 5.92 Å². The standard InChI is InChI=1S/C15H32N2O/c1-4-6-10-18-11-9-17-8-7-15(5-2)16-12-14(3)13-17/h14-16H,4-13H2,1-3H3. The molecule has 0 bridgehead atoms. The van der Waals surface area contributed by atoms with Crippen LogP contribution in [0.3, 0.4) is 0 Å². The lowest BCUT2D eigenvalue weighted by Crippen LogP contribution is -2.44. The van der Waals surface area contributed by atoms with E-state index in [-0.39, 0.29) is 0 Å². The zero-order valence-corrected chi connectivity index (χ0v) is 12.6. The van der Waals surface area contributed by atoms with Gasteiger partial charge in [-0.1, -0.05) is 27.2 Å². The van der Waals surface area contributed by atoms with Crippen LogP contribution in [-0.2, 0) is 4.74 Å². The second-order valence-electron chi connectivity index (χ2n) is 5.67. The van der Waals surface area contributed by atoms with Crippen molar-refractivity contribution in [2.24, 2.45) is 5.92 Å². The molecule has 0 aromatic rings. The summed E-state index contributed by atoms with van der Waals surface area (Å²) in [5.41, 5.74) is 0. The summed E-state index contributed by atoms with van der Waals surface area (Å²) < 4.78 is 5.68. The smallest absolute Gasteiger partial charge is 0.0593 e. The van der Waals surface area contributed by atoms with Crippen LogP contribution < -0.4 is 5.32 Å². The highest BCUT2D eigenvalue weighted by Crippen LogP contribution is 2.08. The number of nitrogens with zero attached hydrogens (tertiary/aromatic N) is 1. The molecule has 1 aliphatic rings. The molecule has 0 saturated carbocycles. The molecule has 0 amide bonds. The van der Waals surface area contributed by atoms with Gasteiger partial charge < -0.3 is 15.0 Å². The van der Waals surface area contributed by atoms with Crippen LogP contribution in [-0.4, -0.2) is 50.3 Å². The fourth-order valence-corrected chi connectivity index (χ4v) is 2.50. The molecule has 1 rings (SSSR count). The van der Waals surface area contributed by atoms with Gasteiger partial charge in [0.05, 0.1) is 6.61 Å². The van der Waals surface area contributed by atoms with Crippen molar-refractivity contribution in [2.75, 3.05) is 39.4 Å². The Bertz CT molecular complexity index is 199. The summed E-state index contributed by atoms with van der Waals surface area (Å²) in [4.78, 5) is 2.58. The molecule has 1 heterocycles. The average Bonchev–Trinajstić information content (AvgIpc) is 2.35. The van der Waals surface area contributed by atoms with Gasteiger partial charge in [0, 0.05) is 25.7 Å². The number of unbranched alkanes of at least 4 members (excludes halogenated alkanes) is 1. The molecule has 2 unspecified atom stereocenters. The molecule has 1 N–H and O–H groups in total. The van der Waals surface area contributed by atoms with Gasteiger partial charge in [-0.25, -0.2) is 0 Å². The second kappa shape index (κ2) is 9.76. The van der Waals surface area contributed by atoms with Crippen LogP contribution >= 0.6 is 0 Å². The van der Waals surface area contributed by atoms with Crippen molar-refractivity contribution in [2.45, 2.75) is 52.5 Å². The Morgan fingerprint density at radius 2 is 2.11 bits per heavy atom. The first-order chi connectivity index (χ1) is 8.76. The van der Waals surface area contributed by atoms with Crippen LogP contribution in [0.4, 0.5) is 0 Å². The number of hydrogen-bond acceptors (Lipinski definition) is 3. The zero-order chi connectivity index (χ0) is 13.2. The molecule has 18 heavy (non-hydrogen) atoms. The summed E-state index contributed by atoms with van der Waals surface area (Å²) in [6.45, 7) is 13.3. The van der Waals surface area contributed by atoms with E-state index in [2.05, 4.69) is 31.0 Å². The summed E-state index contributed by atoms with van der Waals surface area (Å²) >= 11 is 0. The largest absolute Gasteiger partial charge is 0.380 e. The molecule has 1 saturated heterocycles. The summed E-state index contributed by atoms with van der Waals surface area (Å²) in [5.74, 6) is 0.745. The first-order valence-electron chi connectivity index (χ1n) is 7.79. The van der Waals surface area contributed by atoms with E-state index in [0.29, 0.717) is 6.04 Å². The van der Waals surface area contributed by atoms with E-state index in [0.717, 1.165) is 32.2 Å². The maximum Gasteiger partial charge on any atom is 0.0593 e. The summed E-state index contributed by atoms with van der Waals surface area (Å²) in [6, 6.07) is 0.705. The number of ether oxygens (including phenoxy) is 1. The zero-order valence-electron chi connectivity index (χ0n) is 12.6. The topological polar surface area (TPSA) is 24.5 Å². The predicted octanol–water partition coefficient (Wildman–Crippen LogP) is 2.51. The minimum Gasteiger partial charge on any atom is -0.380 e. The lowest BCUT2D eigenvalue weighted by molar-refractivity contribution is 0.0908. The maximum absolute atomic E-state index is 5.68. The van der Waals surface area contributed by atoms with Gasteiger partial charge in [0.15, 0.2) is 0 Å². The first-order valence-corrected chi connectivity index (χ1v) is 7.79. The fraction of sp³-hybridized carbons (Fsp3) is 1.00. The van der Waals surface area contributed by atoms with E-state index in [9.17, 15) is 0 Å². The molecule has 3 heteroatoms. The molecule has 0 radical (unpaired) electrons. The maximum atomic E-state index is 5.68. The van der Waals surface area contributed by atoms with Gasteiger partial charge in [-0.05, 0) is 38.3 Å². The van der Waals surface area contributed by atoms with E-state index in [4.69, 9.17) is 4.74 Å². The lowest BCUT2D eigenvalue weighted by atomic mass is 10.0. The normalized spacial score (nSPS) is 26.8. The Balaban J connectivity index is 2.20. The molecule has 1 fully saturated rings. The highest BCUT2D eigenvalue weighted by molar-refractivity contribution is 4.75. The van der Waals surface area contributed by atoms with Gasteiger partial charge in [-0.2, -0.15) is 0 Å². The van der Waals surface area contributed by atoms with Crippen molar-refractivity contribution in [1.29, 1.82) is 0 Å². The third kappa shape index (κ3) is 6.72. The molecule has 0 spiro atoms. The number of hydrogen-bond donors (Lipinski definition) is 1. The fourth-order valence-electron chi connectivity index (χ4n) is 2.50. The molecule has 3 nitrogen and oxygen atoms in total. The summed E-state index contributed by atoms with van der Waals surface area (Å²) in [5, 5.41) is 3.67. The van der Waals surface area contributed by atoms with Gasteiger partial charge in [0.2, 0.25) is 0 Å². The van der Waals surface area contributed by atoms with Crippen molar-refractivity contribution < 1.29 is 4.74 Å². The molecule has 0 aromatic carbocycles. The van der Waals surface area contributed by atoms with Gasteiger partial charge in [0.1, 0.15) is 0 Å². The Kier molecular flexibility index (Phi) is 8.64. The quantitative estimate of drug-likeness (QED) is 0.708. The van der Waals surface area contributed by atoms with Crippen LogP contribution in [0.1, 0.15) is 46.5 Å². The molecular weight excluding hydrogens is 224 g/mol. The van der Waals surface area contributed by atoms with Crippen LogP contribution in [0.2, 0.25) is 0 Å². The number of rotatable bonds is 7. The SMILES string of the molecule is CCCCOCCN1CCC(CC)NCC(C)C1. The Hall–Kier alpha value is -0.120. The monoisotopic (exact) mass is 256 g/mol. The van der Waals surface area contributed by atoms with Crippen LogP contribution in [0.25, 0.3) is 0 Å². The number of nitrogens with one attached hydrogen (secondary N) is 1. The van der Waals surface area contributed by atoms with Crippen LogP contribution in [0.15, 0.2) is 0 Å². The minimum atomic E-state index is 0.705. The van der Waals surface area contributed by atoms with Crippen LogP contribution in [0.5, 0.6) is 0 Å². The van der Waals surface area contributed by atoms with E-state index in [1.54, 1.807) is 0 Å². The Labute approximate surface area is 113 Å². The molecule has 1 aliphatic heterocycles. The predicted molar refractivity (Wildman–Crippen MR) is 78.0 cm³/mol. The van der Waals surface area contributed by atoms with E-state index in [1.807, 2.05) is 0 Å². The van der Waals surface area contributed by atoms with E-state index < -0.39 is 0 Å².